The fourth-order valence-corrected chi connectivity index (χ4v) is 2.86. The van der Waals surface area contributed by atoms with E-state index < -0.39 is 0 Å². The third-order valence-electron chi connectivity index (χ3n) is 3.52. The van der Waals surface area contributed by atoms with Crippen molar-refractivity contribution in [1.29, 1.82) is 0 Å². The quantitative estimate of drug-likeness (QED) is 0.558. The summed E-state index contributed by atoms with van der Waals surface area (Å²) in [6, 6.07) is 1.44. The van der Waals surface area contributed by atoms with Crippen molar-refractivity contribution in [2.24, 2.45) is 4.99 Å². The van der Waals surface area contributed by atoms with Crippen LogP contribution >= 0.6 is 0 Å². The number of hydrogen-bond donors (Lipinski definition) is 0. The zero-order valence-electron chi connectivity index (χ0n) is 8.82. The molecule has 2 rings (SSSR count). The lowest BCUT2D eigenvalue weighted by molar-refractivity contribution is 0.233. The Morgan fingerprint density at radius 1 is 1.08 bits per heavy atom. The lowest BCUT2D eigenvalue weighted by Crippen LogP contribution is -2.37. The van der Waals surface area contributed by atoms with Crippen LogP contribution in [0.3, 0.4) is 0 Å². The molecule has 1 aliphatic carbocycles. The first-order chi connectivity index (χ1) is 6.25. The average molecular weight is 181 g/mol. The number of nitrogens with zero attached hydrogens (tertiary/aromatic N) is 3. The molecule has 1 aliphatic heterocycles. The monoisotopic (exact) mass is 181 g/mol. The molecule has 0 amide bonds. The Hall–Kier alpha value is -0.730. The molecule has 1 saturated heterocycles. The van der Waals surface area contributed by atoms with Crippen LogP contribution in [-0.4, -0.2) is 49.0 Å². The van der Waals surface area contributed by atoms with E-state index in [1.807, 2.05) is 7.05 Å². The SMILES string of the molecule is CN=C1N(C)[C@@H]2CCCC[C@@H]2N1C. The first-order valence-corrected chi connectivity index (χ1v) is 5.18. The van der Waals surface area contributed by atoms with E-state index in [2.05, 4.69) is 28.9 Å². The third-order valence-corrected chi connectivity index (χ3v) is 3.52. The standard InChI is InChI=1S/C10H19N3/c1-11-10-12(2)8-6-4-5-7-9(8)13(10)3/h8-9H,4-7H2,1-3H3/t8-,9+. The molecule has 3 heteroatoms. The molecule has 0 spiro atoms. The van der Waals surface area contributed by atoms with Gasteiger partial charge in [0.25, 0.3) is 0 Å². The fourth-order valence-electron chi connectivity index (χ4n) is 2.86. The van der Waals surface area contributed by atoms with E-state index in [0.717, 1.165) is 18.0 Å². The van der Waals surface area contributed by atoms with Crippen LogP contribution in [0.15, 0.2) is 4.99 Å². The normalized spacial score (nSPS) is 37.0. The number of rotatable bonds is 0. The zero-order chi connectivity index (χ0) is 9.42. The van der Waals surface area contributed by atoms with E-state index in [9.17, 15) is 0 Å². The van der Waals surface area contributed by atoms with Gasteiger partial charge < -0.3 is 9.80 Å². The molecule has 0 N–H and O–H groups in total. The highest BCUT2D eigenvalue weighted by Crippen LogP contribution is 2.31. The van der Waals surface area contributed by atoms with Gasteiger partial charge in [-0.3, -0.25) is 4.99 Å². The van der Waals surface area contributed by atoms with Gasteiger partial charge in [-0.2, -0.15) is 0 Å². The van der Waals surface area contributed by atoms with Gasteiger partial charge in [-0.15, -0.1) is 0 Å². The van der Waals surface area contributed by atoms with Crippen molar-refractivity contribution < 1.29 is 0 Å². The van der Waals surface area contributed by atoms with Gasteiger partial charge in [0.2, 0.25) is 0 Å². The molecule has 0 aromatic heterocycles. The Balaban J connectivity index is 2.22. The molecule has 1 heterocycles. The van der Waals surface area contributed by atoms with Gasteiger partial charge >= 0.3 is 0 Å². The topological polar surface area (TPSA) is 18.8 Å². The lowest BCUT2D eigenvalue weighted by atomic mass is 9.91. The van der Waals surface area contributed by atoms with Crippen molar-refractivity contribution in [2.45, 2.75) is 37.8 Å². The van der Waals surface area contributed by atoms with Crippen molar-refractivity contribution >= 4 is 5.96 Å². The van der Waals surface area contributed by atoms with Crippen LogP contribution in [0.2, 0.25) is 0 Å². The summed E-state index contributed by atoms with van der Waals surface area (Å²) in [4.78, 5) is 9.04. The van der Waals surface area contributed by atoms with Gasteiger partial charge in [-0.05, 0) is 12.8 Å². The highest BCUT2D eigenvalue weighted by molar-refractivity contribution is 5.82. The van der Waals surface area contributed by atoms with E-state index in [1.165, 1.54) is 25.7 Å². The molecular weight excluding hydrogens is 162 g/mol. The van der Waals surface area contributed by atoms with Crippen molar-refractivity contribution in [3.8, 4) is 0 Å². The van der Waals surface area contributed by atoms with E-state index in [-0.39, 0.29) is 0 Å². The van der Waals surface area contributed by atoms with Crippen LogP contribution in [0, 0.1) is 0 Å². The first-order valence-electron chi connectivity index (χ1n) is 5.18. The maximum Gasteiger partial charge on any atom is 0.196 e. The zero-order valence-corrected chi connectivity index (χ0v) is 8.82. The molecule has 0 bridgehead atoms. The molecule has 0 radical (unpaired) electrons. The summed E-state index contributed by atoms with van der Waals surface area (Å²) >= 11 is 0. The van der Waals surface area contributed by atoms with Gasteiger partial charge in [-0.1, -0.05) is 12.8 Å². The van der Waals surface area contributed by atoms with Crippen molar-refractivity contribution in [1.82, 2.24) is 9.80 Å². The molecule has 13 heavy (non-hydrogen) atoms. The minimum Gasteiger partial charge on any atom is -0.341 e. The fraction of sp³-hybridized carbons (Fsp3) is 0.900. The van der Waals surface area contributed by atoms with E-state index in [1.54, 1.807) is 0 Å². The Morgan fingerprint density at radius 3 is 1.92 bits per heavy atom. The summed E-state index contributed by atoms with van der Waals surface area (Å²) in [5.41, 5.74) is 0. The summed E-state index contributed by atoms with van der Waals surface area (Å²) in [5.74, 6) is 1.16. The number of likely N-dealkylation sites (N-methyl/N-ethyl adjacent to an activating group) is 2. The highest BCUT2D eigenvalue weighted by Gasteiger charge is 2.40. The second-order valence-electron chi connectivity index (χ2n) is 4.16. The average Bonchev–Trinajstić information content (AvgIpc) is 2.41. The predicted octanol–water partition coefficient (Wildman–Crippen LogP) is 1.16. The minimum atomic E-state index is 0.720. The van der Waals surface area contributed by atoms with Gasteiger partial charge in [-0.25, -0.2) is 0 Å². The molecule has 1 saturated carbocycles. The van der Waals surface area contributed by atoms with Crippen LogP contribution < -0.4 is 0 Å². The molecule has 2 aliphatic rings. The maximum absolute atomic E-state index is 4.34. The maximum atomic E-state index is 4.34. The van der Waals surface area contributed by atoms with E-state index >= 15 is 0 Å². The summed E-state index contributed by atoms with van der Waals surface area (Å²) in [7, 11) is 6.24. The number of aliphatic imine (C=N–C) groups is 1. The van der Waals surface area contributed by atoms with Crippen LogP contribution in [0.5, 0.6) is 0 Å². The molecule has 0 unspecified atom stereocenters. The lowest BCUT2D eigenvalue weighted by Gasteiger charge is -2.29. The smallest absolute Gasteiger partial charge is 0.196 e. The highest BCUT2D eigenvalue weighted by atomic mass is 15.4. The summed E-state index contributed by atoms with van der Waals surface area (Å²) in [6.07, 6.45) is 5.45. The number of fused-ring (bicyclic) bond motifs is 1. The molecule has 3 nitrogen and oxygen atoms in total. The van der Waals surface area contributed by atoms with Crippen LogP contribution in [0.1, 0.15) is 25.7 Å². The van der Waals surface area contributed by atoms with Gasteiger partial charge in [0, 0.05) is 21.1 Å². The Kier molecular flexibility index (Phi) is 2.18. The summed E-state index contributed by atoms with van der Waals surface area (Å²) in [6.45, 7) is 0. The summed E-state index contributed by atoms with van der Waals surface area (Å²) in [5, 5.41) is 0. The van der Waals surface area contributed by atoms with Crippen LogP contribution in [-0.2, 0) is 0 Å². The van der Waals surface area contributed by atoms with E-state index in [4.69, 9.17) is 0 Å². The molecule has 2 atom stereocenters. The Labute approximate surface area is 80.4 Å². The first kappa shape index (κ1) is 8.85. The van der Waals surface area contributed by atoms with Crippen LogP contribution in [0.25, 0.3) is 0 Å². The minimum absolute atomic E-state index is 0.720. The largest absolute Gasteiger partial charge is 0.341 e. The Bertz CT molecular complexity index is 204. The van der Waals surface area contributed by atoms with Gasteiger partial charge in [0.1, 0.15) is 0 Å². The second kappa shape index (κ2) is 3.20. The summed E-state index contributed by atoms with van der Waals surface area (Å²) < 4.78 is 0. The molecular formula is C10H19N3. The molecule has 2 fully saturated rings. The second-order valence-corrected chi connectivity index (χ2v) is 4.16. The number of hydrogen-bond acceptors (Lipinski definition) is 1. The molecule has 74 valence electrons. The third kappa shape index (κ3) is 1.21. The van der Waals surface area contributed by atoms with Crippen molar-refractivity contribution in [3.63, 3.8) is 0 Å². The molecule has 0 aromatic carbocycles. The van der Waals surface area contributed by atoms with Crippen molar-refractivity contribution in [3.05, 3.63) is 0 Å². The van der Waals surface area contributed by atoms with Gasteiger partial charge in [0.05, 0.1) is 12.1 Å². The van der Waals surface area contributed by atoms with Crippen LogP contribution in [0.4, 0.5) is 0 Å². The van der Waals surface area contributed by atoms with E-state index in [0.29, 0.717) is 0 Å². The molecule has 0 aromatic rings. The predicted molar refractivity (Wildman–Crippen MR) is 54.9 cm³/mol. The Morgan fingerprint density at radius 2 is 1.54 bits per heavy atom. The number of guanidine groups is 1. The van der Waals surface area contributed by atoms with Crippen molar-refractivity contribution in [2.75, 3.05) is 21.1 Å². The van der Waals surface area contributed by atoms with Gasteiger partial charge in [0.15, 0.2) is 5.96 Å².